The monoisotopic (exact) mass is 291 g/mol. The maximum Gasteiger partial charge on any atom is 0.273 e. The van der Waals surface area contributed by atoms with Crippen LogP contribution in [0.2, 0.25) is 0 Å². The number of nitro benzene ring substituents is 1. The van der Waals surface area contributed by atoms with E-state index in [2.05, 4.69) is 11.4 Å². The molecule has 0 aliphatic carbocycles. The zero-order chi connectivity index (χ0) is 16.0. The van der Waals surface area contributed by atoms with Crippen molar-refractivity contribution in [2.75, 3.05) is 7.11 Å². The zero-order valence-corrected chi connectivity index (χ0v) is 12.2. The van der Waals surface area contributed by atoms with Crippen molar-refractivity contribution in [2.45, 2.75) is 32.2 Å². The lowest BCUT2D eigenvalue weighted by atomic mass is 9.94. The van der Waals surface area contributed by atoms with Crippen LogP contribution in [-0.4, -0.2) is 23.5 Å². The van der Waals surface area contributed by atoms with Gasteiger partial charge in [0.2, 0.25) is 0 Å². The van der Waals surface area contributed by atoms with Crippen LogP contribution in [0.5, 0.6) is 5.75 Å². The number of nitriles is 1. The van der Waals surface area contributed by atoms with Crippen molar-refractivity contribution < 1.29 is 14.5 Å². The number of rotatable bonds is 6. The lowest BCUT2D eigenvalue weighted by Crippen LogP contribution is -2.46. The van der Waals surface area contributed by atoms with Crippen LogP contribution in [0.25, 0.3) is 0 Å². The van der Waals surface area contributed by atoms with Crippen molar-refractivity contribution in [3.8, 4) is 11.8 Å². The van der Waals surface area contributed by atoms with Gasteiger partial charge in [-0.2, -0.15) is 5.26 Å². The lowest BCUT2D eigenvalue weighted by molar-refractivity contribution is -0.384. The molecule has 1 rings (SSSR count). The van der Waals surface area contributed by atoms with E-state index < -0.39 is 16.4 Å². The van der Waals surface area contributed by atoms with Crippen LogP contribution in [0.4, 0.5) is 5.69 Å². The molecule has 7 heteroatoms. The number of hydrogen-bond donors (Lipinski definition) is 1. The minimum absolute atomic E-state index is 0.0979. The highest BCUT2D eigenvalue weighted by atomic mass is 16.6. The van der Waals surface area contributed by atoms with E-state index >= 15 is 0 Å². The summed E-state index contributed by atoms with van der Waals surface area (Å²) in [5.74, 6) is -0.396. The van der Waals surface area contributed by atoms with E-state index in [4.69, 9.17) is 4.74 Å². The Morgan fingerprint density at radius 1 is 1.48 bits per heavy atom. The molecule has 21 heavy (non-hydrogen) atoms. The highest BCUT2D eigenvalue weighted by Gasteiger charge is 2.29. The van der Waals surface area contributed by atoms with E-state index in [0.717, 1.165) is 0 Å². The number of nitro groups is 1. The second-order valence-corrected chi connectivity index (χ2v) is 4.50. The average molecular weight is 291 g/mol. The molecule has 0 fully saturated rings. The maximum absolute atomic E-state index is 12.3. The van der Waals surface area contributed by atoms with E-state index in [1.165, 1.54) is 25.3 Å². The van der Waals surface area contributed by atoms with Crippen molar-refractivity contribution in [1.82, 2.24) is 5.32 Å². The molecule has 1 N–H and O–H groups in total. The Kier molecular flexibility index (Phi) is 5.24. The SMILES string of the molecule is CCC(C#N)(CC)NC(=O)c1ccc([N+](=O)[O-])cc1OC. The first-order valence-electron chi connectivity index (χ1n) is 6.49. The van der Waals surface area contributed by atoms with Crippen molar-refractivity contribution in [2.24, 2.45) is 0 Å². The Labute approximate surface area is 122 Å². The molecule has 0 saturated heterocycles. The number of carbonyl (C=O) groups excluding carboxylic acids is 1. The minimum atomic E-state index is -0.954. The third-order valence-electron chi connectivity index (χ3n) is 3.41. The Hall–Kier alpha value is -2.62. The fourth-order valence-corrected chi connectivity index (χ4v) is 1.88. The van der Waals surface area contributed by atoms with Crippen LogP contribution in [0, 0.1) is 21.4 Å². The van der Waals surface area contributed by atoms with E-state index in [0.29, 0.717) is 12.8 Å². The molecule has 1 amide bonds. The molecule has 0 spiro atoms. The first-order valence-corrected chi connectivity index (χ1v) is 6.49. The molecule has 7 nitrogen and oxygen atoms in total. The minimum Gasteiger partial charge on any atom is -0.496 e. The fourth-order valence-electron chi connectivity index (χ4n) is 1.88. The molecule has 1 aromatic rings. The van der Waals surface area contributed by atoms with Gasteiger partial charge in [-0.25, -0.2) is 0 Å². The van der Waals surface area contributed by atoms with E-state index in [1.54, 1.807) is 13.8 Å². The third-order valence-corrected chi connectivity index (χ3v) is 3.41. The van der Waals surface area contributed by atoms with Crippen LogP contribution >= 0.6 is 0 Å². The van der Waals surface area contributed by atoms with Crippen molar-refractivity contribution in [3.63, 3.8) is 0 Å². The van der Waals surface area contributed by atoms with Gasteiger partial charge in [0.1, 0.15) is 11.3 Å². The quantitative estimate of drug-likeness (QED) is 0.640. The van der Waals surface area contributed by atoms with Gasteiger partial charge in [0.15, 0.2) is 0 Å². The number of non-ortho nitro benzene ring substituents is 1. The second-order valence-electron chi connectivity index (χ2n) is 4.50. The number of ether oxygens (including phenoxy) is 1. The van der Waals surface area contributed by atoms with E-state index in [-0.39, 0.29) is 17.0 Å². The van der Waals surface area contributed by atoms with Crippen LogP contribution in [0.15, 0.2) is 18.2 Å². The highest BCUT2D eigenvalue weighted by molar-refractivity contribution is 5.98. The number of methoxy groups -OCH3 is 1. The number of hydrogen-bond acceptors (Lipinski definition) is 5. The summed E-state index contributed by atoms with van der Waals surface area (Å²) in [6.45, 7) is 3.61. The highest BCUT2D eigenvalue weighted by Crippen LogP contribution is 2.25. The first-order chi connectivity index (χ1) is 9.92. The van der Waals surface area contributed by atoms with E-state index in [1.807, 2.05) is 0 Å². The number of benzene rings is 1. The predicted octanol–water partition coefficient (Wildman–Crippen LogP) is 2.42. The van der Waals surface area contributed by atoms with Gasteiger partial charge in [0.05, 0.1) is 29.7 Å². The summed E-state index contributed by atoms with van der Waals surface area (Å²) in [5, 5.41) is 22.6. The summed E-state index contributed by atoms with van der Waals surface area (Å²) in [7, 11) is 1.33. The third kappa shape index (κ3) is 3.48. The number of carbonyl (C=O) groups is 1. The number of nitrogens with one attached hydrogen (secondary N) is 1. The van der Waals surface area contributed by atoms with Gasteiger partial charge in [-0.3, -0.25) is 14.9 Å². The average Bonchev–Trinajstić information content (AvgIpc) is 2.51. The molecule has 0 radical (unpaired) electrons. The normalized spacial score (nSPS) is 10.6. The summed E-state index contributed by atoms with van der Waals surface area (Å²) in [5.41, 5.74) is -0.963. The molecule has 0 bridgehead atoms. The molecular formula is C14H17N3O4. The van der Waals surface area contributed by atoms with Crippen LogP contribution in [-0.2, 0) is 0 Å². The Morgan fingerprint density at radius 2 is 2.10 bits per heavy atom. The van der Waals surface area contributed by atoms with Crippen molar-refractivity contribution in [1.29, 1.82) is 5.26 Å². The number of amides is 1. The molecule has 0 heterocycles. The smallest absolute Gasteiger partial charge is 0.273 e. The number of nitrogens with zero attached hydrogens (tertiary/aromatic N) is 2. The molecule has 1 aromatic carbocycles. The first kappa shape index (κ1) is 16.4. The van der Waals surface area contributed by atoms with Gasteiger partial charge in [0, 0.05) is 6.07 Å². The Balaban J connectivity index is 3.14. The molecular weight excluding hydrogens is 274 g/mol. The van der Waals surface area contributed by atoms with Crippen molar-refractivity contribution >= 4 is 11.6 Å². The molecule has 0 unspecified atom stereocenters. The Bertz CT molecular complexity index is 588. The molecule has 0 atom stereocenters. The summed E-state index contributed by atoms with van der Waals surface area (Å²) in [6.07, 6.45) is 0.919. The van der Waals surface area contributed by atoms with Gasteiger partial charge in [-0.1, -0.05) is 13.8 Å². The lowest BCUT2D eigenvalue weighted by Gasteiger charge is -2.25. The molecule has 0 saturated carbocycles. The summed E-state index contributed by atoms with van der Waals surface area (Å²) >= 11 is 0. The van der Waals surface area contributed by atoms with Crippen LogP contribution < -0.4 is 10.1 Å². The Morgan fingerprint density at radius 3 is 2.52 bits per heavy atom. The summed E-state index contributed by atoms with van der Waals surface area (Å²) in [4.78, 5) is 22.4. The second kappa shape index (κ2) is 6.70. The van der Waals surface area contributed by atoms with Crippen molar-refractivity contribution in [3.05, 3.63) is 33.9 Å². The summed E-state index contributed by atoms with van der Waals surface area (Å²) in [6, 6.07) is 5.83. The van der Waals surface area contributed by atoms with E-state index in [9.17, 15) is 20.2 Å². The molecule has 0 aliphatic rings. The van der Waals surface area contributed by atoms with Crippen LogP contribution in [0.3, 0.4) is 0 Å². The zero-order valence-electron chi connectivity index (χ0n) is 12.2. The molecule has 0 aliphatic heterocycles. The van der Waals surface area contributed by atoms with Crippen LogP contribution in [0.1, 0.15) is 37.0 Å². The topological polar surface area (TPSA) is 105 Å². The van der Waals surface area contributed by atoms with Gasteiger partial charge in [-0.15, -0.1) is 0 Å². The van der Waals surface area contributed by atoms with Gasteiger partial charge < -0.3 is 10.1 Å². The molecule has 112 valence electrons. The molecule has 0 aromatic heterocycles. The van der Waals surface area contributed by atoms with Gasteiger partial charge in [0.25, 0.3) is 11.6 Å². The van der Waals surface area contributed by atoms with Gasteiger partial charge >= 0.3 is 0 Å². The maximum atomic E-state index is 12.3. The summed E-state index contributed by atoms with van der Waals surface area (Å²) < 4.78 is 5.02. The predicted molar refractivity (Wildman–Crippen MR) is 76.0 cm³/mol. The fraction of sp³-hybridized carbons (Fsp3) is 0.429. The largest absolute Gasteiger partial charge is 0.496 e. The van der Waals surface area contributed by atoms with Gasteiger partial charge in [-0.05, 0) is 18.9 Å². The standard InChI is InChI=1S/C14H17N3O4/c1-4-14(5-2,9-15)16-13(18)11-7-6-10(17(19)20)8-12(11)21-3/h6-8H,4-5H2,1-3H3,(H,16,18).